The van der Waals surface area contributed by atoms with Crippen LogP contribution in [0.15, 0.2) is 0 Å². The zero-order chi connectivity index (χ0) is 0. The Labute approximate surface area is 68.1 Å². The molecule has 0 heterocycles. The van der Waals surface area contributed by atoms with Crippen LogP contribution in [0.4, 0.5) is 0 Å². The van der Waals surface area contributed by atoms with Crippen LogP contribution >= 0.6 is 0 Å². The molecule has 0 amide bonds. The van der Waals surface area contributed by atoms with E-state index < -0.39 is 0 Å². The van der Waals surface area contributed by atoms with Gasteiger partial charge in [0.15, 0.2) is 0 Å². The Kier molecular flexibility index (Phi) is 5430. The third kappa shape index (κ3) is 75.0. The molecule has 0 unspecified atom stereocenters. The Balaban J connectivity index is 0. The summed E-state index contributed by atoms with van der Waals surface area (Å²) in [5, 5.41) is 0. The van der Waals surface area contributed by atoms with Crippen LogP contribution in [-0.4, -0.2) is 0 Å². The van der Waals surface area contributed by atoms with E-state index in [1.165, 1.54) is 0 Å². The van der Waals surface area contributed by atoms with Crippen molar-refractivity contribution >= 4 is 0 Å². The van der Waals surface area contributed by atoms with Gasteiger partial charge in [0, 0.05) is 0 Å². The monoisotopic (exact) mass is 315 g/mol. The molecule has 0 aromatic rings. The maximum Gasteiger partial charge on any atom is 3.00 e. The first-order valence-electron chi connectivity index (χ1n) is 0. The van der Waals surface area contributed by atoms with Gasteiger partial charge in [0.1, 0.15) is 0 Å². The predicted molar refractivity (Wildman–Crippen MR) is 32.7 cm³/mol. The summed E-state index contributed by atoms with van der Waals surface area (Å²) in [7, 11) is 0. The molecule has 0 aromatic carbocycles. The van der Waals surface area contributed by atoms with Gasteiger partial charge in [-0.25, -0.2) is 0 Å². The molecule has 0 aromatic heterocycles. The SMILES string of the molecule is C.C.[CH3-].[CH3-].[CH3-].[U+3]. The molecule has 0 atom stereocenters. The van der Waals surface area contributed by atoms with E-state index in [4.69, 9.17) is 0 Å². The second-order valence-corrected chi connectivity index (χ2v) is 0. The van der Waals surface area contributed by atoms with E-state index in [-0.39, 0.29) is 68.2 Å². The number of hydrogen-bond acceptors (Lipinski definition) is 0. The summed E-state index contributed by atoms with van der Waals surface area (Å²) in [4.78, 5) is 0. The maximum absolute atomic E-state index is 0. The Morgan fingerprint density at radius 2 is 0.500 bits per heavy atom. The summed E-state index contributed by atoms with van der Waals surface area (Å²) in [6.07, 6.45) is 0. The van der Waals surface area contributed by atoms with Crippen molar-refractivity contribution in [3.05, 3.63) is 22.3 Å². The zero-order valence-electron chi connectivity index (χ0n) is 3.50. The van der Waals surface area contributed by atoms with Gasteiger partial charge in [-0.3, -0.25) is 0 Å². The molecule has 0 aliphatic rings. The summed E-state index contributed by atoms with van der Waals surface area (Å²) in [5.41, 5.74) is 0. The van der Waals surface area contributed by atoms with E-state index in [1.54, 1.807) is 0 Å². The first kappa shape index (κ1) is 233. The first-order valence-corrected chi connectivity index (χ1v) is 0. The van der Waals surface area contributed by atoms with E-state index in [9.17, 15) is 0 Å². The van der Waals surface area contributed by atoms with E-state index in [1.807, 2.05) is 0 Å². The minimum atomic E-state index is 0. The van der Waals surface area contributed by atoms with Crippen molar-refractivity contribution in [2.45, 2.75) is 14.9 Å². The smallest absolute Gasteiger partial charge is 0.358 e. The van der Waals surface area contributed by atoms with Crippen molar-refractivity contribution in [2.75, 3.05) is 0 Å². The van der Waals surface area contributed by atoms with Gasteiger partial charge in [0.2, 0.25) is 0 Å². The summed E-state index contributed by atoms with van der Waals surface area (Å²) in [6.45, 7) is 0. The van der Waals surface area contributed by atoms with Crippen molar-refractivity contribution < 1.29 is 31.1 Å². The molecular weight excluding hydrogens is 298 g/mol. The van der Waals surface area contributed by atoms with Crippen molar-refractivity contribution in [3.63, 3.8) is 0 Å². The molecule has 0 bridgehead atoms. The molecule has 0 fully saturated rings. The average Bonchev–Trinajstić information content (AvgIpc) is 0. The van der Waals surface area contributed by atoms with Crippen LogP contribution in [0.3, 0.4) is 0 Å². The van der Waals surface area contributed by atoms with Crippen molar-refractivity contribution in [2.24, 2.45) is 0 Å². The van der Waals surface area contributed by atoms with Crippen molar-refractivity contribution in [1.82, 2.24) is 0 Å². The molecule has 0 saturated carbocycles. The van der Waals surface area contributed by atoms with Gasteiger partial charge in [-0.05, 0) is 0 Å². The van der Waals surface area contributed by atoms with Crippen LogP contribution in [0.25, 0.3) is 0 Å². The Morgan fingerprint density at radius 1 is 0.500 bits per heavy atom. The van der Waals surface area contributed by atoms with Gasteiger partial charge in [0.05, 0.1) is 0 Å². The summed E-state index contributed by atoms with van der Waals surface area (Å²) < 4.78 is 0. The molecule has 41 valence electrons. The summed E-state index contributed by atoms with van der Waals surface area (Å²) in [6, 6.07) is 0. The van der Waals surface area contributed by atoms with E-state index in [0.717, 1.165) is 0 Å². The van der Waals surface area contributed by atoms with Crippen molar-refractivity contribution in [1.29, 1.82) is 0 Å². The Morgan fingerprint density at radius 3 is 0.500 bits per heavy atom. The molecule has 0 saturated heterocycles. The molecule has 0 N–H and O–H groups in total. The van der Waals surface area contributed by atoms with Crippen LogP contribution in [-0.2, 0) is 0 Å². The molecule has 6 heavy (non-hydrogen) atoms. The van der Waals surface area contributed by atoms with Crippen LogP contribution < -0.4 is 0 Å². The second-order valence-electron chi connectivity index (χ2n) is 0. The van der Waals surface area contributed by atoms with Gasteiger partial charge in [-0.15, -0.1) is 0 Å². The third-order valence-electron chi connectivity index (χ3n) is 0. The first-order chi connectivity index (χ1) is 0. The molecule has 0 aliphatic carbocycles. The van der Waals surface area contributed by atoms with Crippen LogP contribution in [0.1, 0.15) is 14.9 Å². The topological polar surface area (TPSA) is 0 Å². The molecule has 1 radical (unpaired) electrons. The van der Waals surface area contributed by atoms with Crippen molar-refractivity contribution in [3.8, 4) is 0 Å². The molecule has 1 heteroatoms. The van der Waals surface area contributed by atoms with Gasteiger partial charge >= 0.3 is 31.1 Å². The minimum Gasteiger partial charge on any atom is -0.358 e. The Hall–Kier alpha value is 1.05. The Bertz CT molecular complexity index is 3.90. The van der Waals surface area contributed by atoms with E-state index in [0.29, 0.717) is 0 Å². The fourth-order valence-electron chi connectivity index (χ4n) is 0. The maximum atomic E-state index is 0. The normalized spacial score (nSPS) is 0. The van der Waals surface area contributed by atoms with Gasteiger partial charge in [-0.1, -0.05) is 14.9 Å². The van der Waals surface area contributed by atoms with Crippen LogP contribution in [0, 0.1) is 53.4 Å². The molecular formula is C5H17U. The van der Waals surface area contributed by atoms with Gasteiger partial charge in [0.25, 0.3) is 0 Å². The van der Waals surface area contributed by atoms with E-state index in [2.05, 4.69) is 0 Å². The molecule has 0 rings (SSSR count). The van der Waals surface area contributed by atoms with E-state index >= 15 is 0 Å². The van der Waals surface area contributed by atoms with Crippen LogP contribution in [0.5, 0.6) is 0 Å². The summed E-state index contributed by atoms with van der Waals surface area (Å²) >= 11 is 0. The number of hydrogen-bond donors (Lipinski definition) is 0. The third-order valence-corrected chi connectivity index (χ3v) is 0. The summed E-state index contributed by atoms with van der Waals surface area (Å²) in [5.74, 6) is 0. The number of rotatable bonds is 0. The fraction of sp³-hybridized carbons (Fsp3) is 0.400. The molecule has 0 spiro atoms. The van der Waals surface area contributed by atoms with Crippen LogP contribution in [0.2, 0.25) is 0 Å². The quantitative estimate of drug-likeness (QED) is 0.603. The average molecular weight is 315 g/mol. The van der Waals surface area contributed by atoms with Gasteiger partial charge < -0.3 is 22.3 Å². The molecule has 0 nitrogen and oxygen atoms in total. The zero-order valence-corrected chi connectivity index (χ0v) is 7.66. The minimum absolute atomic E-state index is 0. The second kappa shape index (κ2) is 140. The fourth-order valence-corrected chi connectivity index (χ4v) is 0. The molecule has 0 aliphatic heterocycles. The predicted octanol–water partition coefficient (Wildman–Crippen LogP) is 2.62. The van der Waals surface area contributed by atoms with Gasteiger partial charge in [-0.2, -0.15) is 0 Å². The largest absolute Gasteiger partial charge is 3.00 e. The standard InChI is InChI=1S/2CH4.3CH3.U/h2*1H4;3*1H3;/q;;3*-1;+3.